The lowest BCUT2D eigenvalue weighted by Gasteiger charge is -2.13. The minimum Gasteiger partial charge on any atom is -0.492 e. The van der Waals surface area contributed by atoms with Crippen molar-refractivity contribution in [3.05, 3.63) is 57.4 Å². The van der Waals surface area contributed by atoms with Crippen molar-refractivity contribution < 1.29 is 23.9 Å². The van der Waals surface area contributed by atoms with Gasteiger partial charge in [-0.2, -0.15) is 0 Å². The smallest absolute Gasteiger partial charge is 0.294 e. The topological polar surface area (TPSA) is 84.9 Å². The molecular formula is C21H19BrN2O5S. The third kappa shape index (κ3) is 5.03. The molecule has 1 aliphatic rings. The number of anilines is 1. The van der Waals surface area contributed by atoms with Gasteiger partial charge >= 0.3 is 0 Å². The SMILES string of the molecule is CCOc1cc(/C=C2/SC(=O)N(CC(=O)Nc3ccccc3)C2=O)cc(Br)c1OC. The summed E-state index contributed by atoms with van der Waals surface area (Å²) in [5.74, 6) is 0.0930. The number of hydrogen-bond donors (Lipinski definition) is 1. The van der Waals surface area contributed by atoms with Crippen LogP contribution in [0.1, 0.15) is 12.5 Å². The summed E-state index contributed by atoms with van der Waals surface area (Å²) in [6.45, 7) is 1.94. The van der Waals surface area contributed by atoms with Crippen molar-refractivity contribution in [1.82, 2.24) is 4.90 Å². The molecule has 1 heterocycles. The number of rotatable bonds is 7. The van der Waals surface area contributed by atoms with Crippen LogP contribution in [0.3, 0.4) is 0 Å². The van der Waals surface area contributed by atoms with Crippen LogP contribution in [0, 0.1) is 0 Å². The largest absolute Gasteiger partial charge is 0.492 e. The Hall–Kier alpha value is -2.78. The summed E-state index contributed by atoms with van der Waals surface area (Å²) in [5.41, 5.74) is 1.25. The second-order valence-corrected chi connectivity index (χ2v) is 8.00. The van der Waals surface area contributed by atoms with E-state index in [0.29, 0.717) is 33.8 Å². The van der Waals surface area contributed by atoms with Crippen molar-refractivity contribution in [2.45, 2.75) is 6.92 Å². The van der Waals surface area contributed by atoms with E-state index in [4.69, 9.17) is 9.47 Å². The van der Waals surface area contributed by atoms with Gasteiger partial charge in [0.15, 0.2) is 11.5 Å². The number of hydrogen-bond acceptors (Lipinski definition) is 6. The molecule has 0 spiro atoms. The number of carbonyl (C=O) groups is 3. The van der Waals surface area contributed by atoms with Gasteiger partial charge in [-0.05, 0) is 70.5 Å². The molecule has 3 amide bonds. The van der Waals surface area contributed by atoms with Gasteiger partial charge in [0.05, 0.1) is 23.1 Å². The van der Waals surface area contributed by atoms with Gasteiger partial charge < -0.3 is 14.8 Å². The molecule has 0 aliphatic carbocycles. The van der Waals surface area contributed by atoms with Crippen LogP contribution in [0.15, 0.2) is 51.8 Å². The van der Waals surface area contributed by atoms with E-state index in [0.717, 1.165) is 16.7 Å². The maximum Gasteiger partial charge on any atom is 0.294 e. The first-order valence-electron chi connectivity index (χ1n) is 9.03. The summed E-state index contributed by atoms with van der Waals surface area (Å²) >= 11 is 4.22. The Kier molecular flexibility index (Phi) is 7.17. The lowest BCUT2D eigenvalue weighted by molar-refractivity contribution is -0.127. The molecule has 9 heteroatoms. The highest BCUT2D eigenvalue weighted by Crippen LogP contribution is 2.39. The monoisotopic (exact) mass is 490 g/mol. The summed E-state index contributed by atoms with van der Waals surface area (Å²) in [5, 5.41) is 2.17. The zero-order valence-corrected chi connectivity index (χ0v) is 18.7. The summed E-state index contributed by atoms with van der Waals surface area (Å²) in [6, 6.07) is 12.3. The Balaban J connectivity index is 1.77. The van der Waals surface area contributed by atoms with E-state index in [-0.39, 0.29) is 11.4 Å². The molecular weight excluding hydrogens is 472 g/mol. The van der Waals surface area contributed by atoms with Crippen LogP contribution in [0.25, 0.3) is 6.08 Å². The molecule has 0 saturated carbocycles. The minimum atomic E-state index is -0.516. The van der Waals surface area contributed by atoms with Gasteiger partial charge in [0, 0.05) is 5.69 Å². The molecule has 156 valence electrons. The number of para-hydroxylation sites is 1. The molecule has 1 saturated heterocycles. The predicted octanol–water partition coefficient (Wildman–Crippen LogP) is 4.53. The molecule has 2 aromatic carbocycles. The fraction of sp³-hybridized carbons (Fsp3) is 0.190. The van der Waals surface area contributed by atoms with Gasteiger partial charge in [0.1, 0.15) is 6.54 Å². The summed E-state index contributed by atoms with van der Waals surface area (Å²) in [4.78, 5) is 38.4. The number of imide groups is 1. The zero-order chi connectivity index (χ0) is 21.7. The number of halogens is 1. The first kappa shape index (κ1) is 21.9. The van der Waals surface area contributed by atoms with E-state index in [1.807, 2.05) is 13.0 Å². The van der Waals surface area contributed by atoms with Crippen molar-refractivity contribution in [2.75, 3.05) is 25.6 Å². The highest BCUT2D eigenvalue weighted by Gasteiger charge is 2.36. The predicted molar refractivity (Wildman–Crippen MR) is 120 cm³/mol. The van der Waals surface area contributed by atoms with E-state index in [2.05, 4.69) is 21.2 Å². The van der Waals surface area contributed by atoms with Crippen LogP contribution in [0.4, 0.5) is 10.5 Å². The average molecular weight is 491 g/mol. The van der Waals surface area contributed by atoms with E-state index in [9.17, 15) is 14.4 Å². The molecule has 7 nitrogen and oxygen atoms in total. The Morgan fingerprint density at radius 3 is 2.63 bits per heavy atom. The first-order chi connectivity index (χ1) is 14.4. The fourth-order valence-electron chi connectivity index (χ4n) is 2.79. The standard InChI is InChI=1S/C21H19BrN2O5S/c1-3-29-16-10-13(9-15(22)19(16)28-2)11-17-20(26)24(21(27)30-17)12-18(25)23-14-7-5-4-6-8-14/h4-11H,3,12H2,1-2H3,(H,23,25)/b17-11+. The van der Waals surface area contributed by atoms with Crippen LogP contribution in [0.2, 0.25) is 0 Å². The first-order valence-corrected chi connectivity index (χ1v) is 10.6. The molecule has 1 aliphatic heterocycles. The van der Waals surface area contributed by atoms with Crippen LogP contribution in [-0.2, 0) is 9.59 Å². The van der Waals surface area contributed by atoms with Crippen molar-refractivity contribution in [3.8, 4) is 11.5 Å². The van der Waals surface area contributed by atoms with Crippen LogP contribution in [0.5, 0.6) is 11.5 Å². The van der Waals surface area contributed by atoms with Crippen molar-refractivity contribution >= 4 is 56.5 Å². The van der Waals surface area contributed by atoms with E-state index < -0.39 is 17.1 Å². The van der Waals surface area contributed by atoms with Gasteiger partial charge in [-0.25, -0.2) is 0 Å². The molecule has 1 N–H and O–H groups in total. The molecule has 1 fully saturated rings. The third-order valence-corrected chi connectivity index (χ3v) is 5.56. The number of benzene rings is 2. The minimum absolute atomic E-state index is 0.229. The van der Waals surface area contributed by atoms with Gasteiger partial charge in [0.25, 0.3) is 11.1 Å². The fourth-order valence-corrected chi connectivity index (χ4v) is 4.25. The maximum absolute atomic E-state index is 12.7. The molecule has 0 radical (unpaired) electrons. The zero-order valence-electron chi connectivity index (χ0n) is 16.3. The van der Waals surface area contributed by atoms with Gasteiger partial charge in [0.2, 0.25) is 5.91 Å². The van der Waals surface area contributed by atoms with Crippen molar-refractivity contribution in [3.63, 3.8) is 0 Å². The number of thioether (sulfide) groups is 1. The van der Waals surface area contributed by atoms with Gasteiger partial charge in [-0.15, -0.1) is 0 Å². The maximum atomic E-state index is 12.7. The number of nitrogens with zero attached hydrogens (tertiary/aromatic N) is 1. The lowest BCUT2D eigenvalue weighted by Crippen LogP contribution is -2.36. The third-order valence-electron chi connectivity index (χ3n) is 4.07. The number of amides is 3. The van der Waals surface area contributed by atoms with Crippen LogP contribution in [-0.4, -0.2) is 42.2 Å². The summed E-state index contributed by atoms with van der Waals surface area (Å²) in [6.07, 6.45) is 1.59. The Labute approximate surface area is 186 Å². The highest BCUT2D eigenvalue weighted by molar-refractivity contribution is 9.10. The number of nitrogens with one attached hydrogen (secondary N) is 1. The highest BCUT2D eigenvalue weighted by atomic mass is 79.9. The Morgan fingerprint density at radius 2 is 1.97 bits per heavy atom. The molecule has 2 aromatic rings. The summed E-state index contributed by atoms with van der Waals surface area (Å²) < 4.78 is 11.6. The van der Waals surface area contributed by atoms with Crippen LogP contribution < -0.4 is 14.8 Å². The van der Waals surface area contributed by atoms with E-state index in [1.54, 1.807) is 42.5 Å². The lowest BCUT2D eigenvalue weighted by atomic mass is 10.2. The van der Waals surface area contributed by atoms with Gasteiger partial charge in [-0.1, -0.05) is 18.2 Å². The quantitative estimate of drug-likeness (QED) is 0.573. The average Bonchev–Trinajstić information content (AvgIpc) is 2.96. The molecule has 3 rings (SSSR count). The number of ether oxygens (including phenoxy) is 2. The van der Waals surface area contributed by atoms with Crippen LogP contribution >= 0.6 is 27.7 Å². The van der Waals surface area contributed by atoms with Crippen molar-refractivity contribution in [2.24, 2.45) is 0 Å². The summed E-state index contributed by atoms with van der Waals surface area (Å²) in [7, 11) is 1.54. The Morgan fingerprint density at radius 1 is 1.23 bits per heavy atom. The molecule has 30 heavy (non-hydrogen) atoms. The Bertz CT molecular complexity index is 1010. The normalized spacial score (nSPS) is 14.9. The number of carbonyl (C=O) groups excluding carboxylic acids is 3. The second kappa shape index (κ2) is 9.82. The molecule has 0 unspecified atom stereocenters. The number of methoxy groups -OCH3 is 1. The molecule has 0 aromatic heterocycles. The second-order valence-electron chi connectivity index (χ2n) is 6.15. The van der Waals surface area contributed by atoms with E-state index in [1.165, 1.54) is 7.11 Å². The van der Waals surface area contributed by atoms with E-state index >= 15 is 0 Å². The van der Waals surface area contributed by atoms with Gasteiger partial charge in [-0.3, -0.25) is 19.3 Å². The molecule has 0 atom stereocenters. The van der Waals surface area contributed by atoms with Crippen molar-refractivity contribution in [1.29, 1.82) is 0 Å². The molecule has 0 bridgehead atoms.